The van der Waals surface area contributed by atoms with E-state index in [4.69, 9.17) is 14.2 Å². The number of carbonyl (C=O) groups is 1. The summed E-state index contributed by atoms with van der Waals surface area (Å²) in [6.07, 6.45) is 7.71. The van der Waals surface area contributed by atoms with Crippen molar-refractivity contribution in [3.05, 3.63) is 24.3 Å². The van der Waals surface area contributed by atoms with Crippen LogP contribution in [0.4, 0.5) is 0 Å². The second kappa shape index (κ2) is 7.13. The van der Waals surface area contributed by atoms with E-state index in [0.29, 0.717) is 24.9 Å². The van der Waals surface area contributed by atoms with E-state index >= 15 is 0 Å². The Bertz CT molecular complexity index is 608. The van der Waals surface area contributed by atoms with E-state index in [1.807, 2.05) is 24.3 Å². The molecule has 4 aliphatic carbocycles. The Morgan fingerprint density at radius 2 is 1.58 bits per heavy atom. The van der Waals surface area contributed by atoms with Crippen LogP contribution in [0.25, 0.3) is 0 Å². The van der Waals surface area contributed by atoms with Crippen LogP contribution in [0, 0.1) is 23.7 Å². The van der Waals surface area contributed by atoms with Gasteiger partial charge in [-0.1, -0.05) is 6.92 Å². The standard InChI is InChI=1S/C22H30O4/c1-3-22(17-11-15-10-16(13-17)14-18(22)12-15)26-21(23)8-9-25-20-6-4-19(24-2)5-7-20/h4-7,15-18H,3,8-14H2,1-2H3. The van der Waals surface area contributed by atoms with Crippen LogP contribution in [0.5, 0.6) is 11.5 Å². The fourth-order valence-electron chi connectivity index (χ4n) is 5.99. The molecule has 26 heavy (non-hydrogen) atoms. The molecule has 0 spiro atoms. The zero-order valence-corrected chi connectivity index (χ0v) is 15.9. The summed E-state index contributed by atoms with van der Waals surface area (Å²) in [6, 6.07) is 7.42. The van der Waals surface area contributed by atoms with Crippen LogP contribution in [0.1, 0.15) is 51.9 Å². The normalized spacial score (nSPS) is 34.5. The van der Waals surface area contributed by atoms with Crippen molar-refractivity contribution in [2.24, 2.45) is 23.7 Å². The van der Waals surface area contributed by atoms with E-state index in [0.717, 1.165) is 29.8 Å². The lowest BCUT2D eigenvalue weighted by Crippen LogP contribution is -2.59. The largest absolute Gasteiger partial charge is 0.497 e. The van der Waals surface area contributed by atoms with Gasteiger partial charge in [-0.05, 0) is 86.5 Å². The SMILES string of the molecule is CCC1(OC(=O)CCOc2ccc(OC)cc2)C2CC3CC(C2)CC1C3. The third-order valence-electron chi connectivity index (χ3n) is 7.01. The molecule has 0 amide bonds. The van der Waals surface area contributed by atoms with Gasteiger partial charge in [0, 0.05) is 0 Å². The lowest BCUT2D eigenvalue weighted by molar-refractivity contribution is -0.211. The molecule has 142 valence electrons. The molecule has 4 bridgehead atoms. The van der Waals surface area contributed by atoms with E-state index < -0.39 is 0 Å². The van der Waals surface area contributed by atoms with Crippen LogP contribution >= 0.6 is 0 Å². The molecule has 4 fully saturated rings. The van der Waals surface area contributed by atoms with Gasteiger partial charge in [0.25, 0.3) is 0 Å². The Hall–Kier alpha value is -1.71. The molecule has 0 radical (unpaired) electrons. The molecule has 4 heteroatoms. The highest BCUT2D eigenvalue weighted by molar-refractivity contribution is 5.70. The van der Waals surface area contributed by atoms with E-state index in [1.54, 1.807) is 7.11 Å². The Balaban J connectivity index is 1.32. The molecule has 1 aromatic rings. The van der Waals surface area contributed by atoms with Crippen molar-refractivity contribution in [1.29, 1.82) is 0 Å². The molecule has 4 aliphatic rings. The zero-order valence-electron chi connectivity index (χ0n) is 15.9. The molecule has 5 rings (SSSR count). The van der Waals surface area contributed by atoms with E-state index in [2.05, 4.69) is 6.92 Å². The molecule has 4 nitrogen and oxygen atoms in total. The van der Waals surface area contributed by atoms with Gasteiger partial charge in [0.05, 0.1) is 20.1 Å². The molecule has 0 aromatic heterocycles. The summed E-state index contributed by atoms with van der Waals surface area (Å²) < 4.78 is 17.0. The third kappa shape index (κ3) is 3.19. The number of rotatable bonds is 7. The fraction of sp³-hybridized carbons (Fsp3) is 0.682. The summed E-state index contributed by atoms with van der Waals surface area (Å²) in [7, 11) is 1.64. The predicted octanol–water partition coefficient (Wildman–Crippen LogP) is 4.61. The van der Waals surface area contributed by atoms with Gasteiger partial charge in [-0.2, -0.15) is 0 Å². The number of hydrogen-bond acceptors (Lipinski definition) is 4. The Morgan fingerprint density at radius 3 is 2.12 bits per heavy atom. The van der Waals surface area contributed by atoms with E-state index in [-0.39, 0.29) is 11.6 Å². The lowest BCUT2D eigenvalue weighted by atomic mass is 9.49. The summed E-state index contributed by atoms with van der Waals surface area (Å²) in [5, 5.41) is 0. The highest BCUT2D eigenvalue weighted by Gasteiger charge is 2.58. The van der Waals surface area contributed by atoms with Gasteiger partial charge in [-0.3, -0.25) is 4.79 Å². The lowest BCUT2D eigenvalue weighted by Gasteiger charge is -2.60. The fourth-order valence-corrected chi connectivity index (χ4v) is 5.99. The molecule has 0 unspecified atom stereocenters. The van der Waals surface area contributed by atoms with Crippen molar-refractivity contribution < 1.29 is 19.0 Å². The first-order chi connectivity index (χ1) is 12.6. The quantitative estimate of drug-likeness (QED) is 0.668. The molecular weight excluding hydrogens is 328 g/mol. The minimum atomic E-state index is -0.204. The average Bonchev–Trinajstić information content (AvgIpc) is 2.65. The van der Waals surface area contributed by atoms with Gasteiger partial charge in [0.1, 0.15) is 17.1 Å². The monoisotopic (exact) mass is 358 g/mol. The van der Waals surface area contributed by atoms with Crippen molar-refractivity contribution in [2.75, 3.05) is 13.7 Å². The molecule has 0 aliphatic heterocycles. The van der Waals surface area contributed by atoms with Crippen LogP contribution < -0.4 is 9.47 Å². The van der Waals surface area contributed by atoms with Crippen LogP contribution in [0.3, 0.4) is 0 Å². The molecule has 0 N–H and O–H groups in total. The van der Waals surface area contributed by atoms with Crippen LogP contribution in [0.2, 0.25) is 0 Å². The number of benzene rings is 1. The Labute approximate surface area is 156 Å². The van der Waals surface area contributed by atoms with Gasteiger partial charge in [-0.25, -0.2) is 0 Å². The number of ether oxygens (including phenoxy) is 3. The second-order valence-electron chi connectivity index (χ2n) is 8.36. The first-order valence-electron chi connectivity index (χ1n) is 10.1. The van der Waals surface area contributed by atoms with Gasteiger partial charge in [0.2, 0.25) is 0 Å². The minimum Gasteiger partial charge on any atom is -0.497 e. The molecule has 1 aromatic carbocycles. The molecule has 4 saturated carbocycles. The molecule has 0 atom stereocenters. The van der Waals surface area contributed by atoms with Gasteiger partial charge in [0.15, 0.2) is 0 Å². The Morgan fingerprint density at radius 1 is 1.00 bits per heavy atom. The summed E-state index contributed by atoms with van der Waals surface area (Å²) in [5.74, 6) is 4.36. The van der Waals surface area contributed by atoms with Crippen molar-refractivity contribution in [3.63, 3.8) is 0 Å². The predicted molar refractivity (Wildman–Crippen MR) is 99.3 cm³/mol. The van der Waals surface area contributed by atoms with E-state index in [1.165, 1.54) is 32.1 Å². The Kier molecular flexibility index (Phi) is 4.85. The van der Waals surface area contributed by atoms with Crippen molar-refractivity contribution in [3.8, 4) is 11.5 Å². The number of carbonyl (C=O) groups excluding carboxylic acids is 1. The van der Waals surface area contributed by atoms with E-state index in [9.17, 15) is 4.79 Å². The van der Waals surface area contributed by atoms with Crippen LogP contribution in [-0.2, 0) is 9.53 Å². The third-order valence-corrected chi connectivity index (χ3v) is 7.01. The van der Waals surface area contributed by atoms with Crippen molar-refractivity contribution in [2.45, 2.75) is 57.5 Å². The maximum Gasteiger partial charge on any atom is 0.309 e. The smallest absolute Gasteiger partial charge is 0.309 e. The first kappa shape index (κ1) is 17.7. The van der Waals surface area contributed by atoms with Gasteiger partial charge in [-0.15, -0.1) is 0 Å². The van der Waals surface area contributed by atoms with Crippen molar-refractivity contribution >= 4 is 5.97 Å². The second-order valence-corrected chi connectivity index (χ2v) is 8.36. The maximum absolute atomic E-state index is 12.6. The molecule has 0 heterocycles. The van der Waals surface area contributed by atoms with Gasteiger partial charge >= 0.3 is 5.97 Å². The molecule has 0 saturated heterocycles. The maximum atomic E-state index is 12.6. The highest BCUT2D eigenvalue weighted by Crippen LogP contribution is 2.60. The van der Waals surface area contributed by atoms with Crippen molar-refractivity contribution in [1.82, 2.24) is 0 Å². The number of hydrogen-bond donors (Lipinski definition) is 0. The topological polar surface area (TPSA) is 44.8 Å². The summed E-state index contributed by atoms with van der Waals surface area (Å²) in [6.45, 7) is 2.55. The summed E-state index contributed by atoms with van der Waals surface area (Å²) in [5.41, 5.74) is -0.204. The van der Waals surface area contributed by atoms with Crippen LogP contribution in [0.15, 0.2) is 24.3 Å². The number of esters is 1. The average molecular weight is 358 g/mol. The van der Waals surface area contributed by atoms with Crippen LogP contribution in [-0.4, -0.2) is 25.3 Å². The summed E-state index contributed by atoms with van der Waals surface area (Å²) >= 11 is 0. The van der Waals surface area contributed by atoms with Gasteiger partial charge < -0.3 is 14.2 Å². The zero-order chi connectivity index (χ0) is 18.1. The number of methoxy groups -OCH3 is 1. The highest BCUT2D eigenvalue weighted by atomic mass is 16.6. The minimum absolute atomic E-state index is 0.104. The molecular formula is C22H30O4. The first-order valence-corrected chi connectivity index (χ1v) is 10.1. The summed E-state index contributed by atoms with van der Waals surface area (Å²) in [4.78, 5) is 12.6.